The summed E-state index contributed by atoms with van der Waals surface area (Å²) in [5, 5.41) is 8.54. The molecule has 1 aromatic heterocycles. The number of rotatable bonds is 6. The molecule has 0 aliphatic heterocycles. The van der Waals surface area contributed by atoms with Crippen molar-refractivity contribution < 1.29 is 14.7 Å². The van der Waals surface area contributed by atoms with Gasteiger partial charge in [-0.1, -0.05) is 0 Å². The molecule has 1 rings (SSSR count). The smallest absolute Gasteiger partial charge is 0.323 e. The quantitative estimate of drug-likeness (QED) is 0.875. The van der Waals surface area contributed by atoms with E-state index in [2.05, 4.69) is 15.9 Å². The van der Waals surface area contributed by atoms with Gasteiger partial charge in [-0.25, -0.2) is 0 Å². The van der Waals surface area contributed by atoms with Gasteiger partial charge in [0.15, 0.2) is 0 Å². The van der Waals surface area contributed by atoms with Gasteiger partial charge in [-0.2, -0.15) is 0 Å². The third-order valence-electron chi connectivity index (χ3n) is 2.24. The number of amides is 1. The van der Waals surface area contributed by atoms with Crippen LogP contribution in [0.4, 0.5) is 0 Å². The van der Waals surface area contributed by atoms with Crippen LogP contribution >= 0.6 is 27.3 Å². The van der Waals surface area contributed by atoms with E-state index in [1.807, 2.05) is 12.1 Å². The van der Waals surface area contributed by atoms with Crippen molar-refractivity contribution in [3.05, 3.63) is 20.8 Å². The second-order valence-corrected chi connectivity index (χ2v) is 6.25. The molecule has 1 heterocycles. The SMILES string of the molecule is CN(CC(=O)O)C(=O)CCCc1ccc(Br)s1. The number of likely N-dealkylation sites (N-methyl/N-ethyl adjacent to an activating group) is 1. The highest BCUT2D eigenvalue weighted by molar-refractivity contribution is 9.11. The molecule has 0 radical (unpaired) electrons. The molecule has 1 N–H and O–H groups in total. The van der Waals surface area contributed by atoms with Crippen LogP contribution in [0, 0.1) is 0 Å². The van der Waals surface area contributed by atoms with E-state index in [1.165, 1.54) is 16.8 Å². The highest BCUT2D eigenvalue weighted by atomic mass is 79.9. The number of halogens is 1. The van der Waals surface area contributed by atoms with E-state index in [4.69, 9.17) is 5.11 Å². The Kier molecular flexibility index (Phi) is 5.64. The van der Waals surface area contributed by atoms with Gasteiger partial charge in [-0.15, -0.1) is 11.3 Å². The lowest BCUT2D eigenvalue weighted by molar-refractivity contribution is -0.143. The largest absolute Gasteiger partial charge is 0.480 e. The Morgan fingerprint density at radius 3 is 2.71 bits per heavy atom. The van der Waals surface area contributed by atoms with E-state index in [0.29, 0.717) is 6.42 Å². The maximum atomic E-state index is 11.5. The number of carboxylic acids is 1. The van der Waals surface area contributed by atoms with Crippen LogP contribution in [0.15, 0.2) is 15.9 Å². The Bertz CT molecular complexity index is 405. The summed E-state index contributed by atoms with van der Waals surface area (Å²) in [5.41, 5.74) is 0. The van der Waals surface area contributed by atoms with Crippen molar-refractivity contribution in [2.45, 2.75) is 19.3 Å². The topological polar surface area (TPSA) is 57.6 Å². The van der Waals surface area contributed by atoms with Gasteiger partial charge in [0.1, 0.15) is 6.54 Å². The van der Waals surface area contributed by atoms with Gasteiger partial charge in [0.2, 0.25) is 5.91 Å². The number of carbonyl (C=O) groups excluding carboxylic acids is 1. The van der Waals surface area contributed by atoms with Crippen LogP contribution in [0.5, 0.6) is 0 Å². The first kappa shape index (κ1) is 14.2. The van der Waals surface area contributed by atoms with Crippen molar-refractivity contribution >= 4 is 39.1 Å². The van der Waals surface area contributed by atoms with E-state index >= 15 is 0 Å². The molecule has 0 aliphatic rings. The summed E-state index contributed by atoms with van der Waals surface area (Å²) in [6.07, 6.45) is 1.98. The van der Waals surface area contributed by atoms with Crippen LogP contribution in [0.1, 0.15) is 17.7 Å². The minimum atomic E-state index is -0.983. The summed E-state index contributed by atoms with van der Waals surface area (Å²) in [5.74, 6) is -1.11. The third-order valence-corrected chi connectivity index (χ3v) is 3.92. The second kappa shape index (κ2) is 6.76. The lowest BCUT2D eigenvalue weighted by Crippen LogP contribution is -2.31. The number of aryl methyl sites for hydroxylation is 1. The maximum absolute atomic E-state index is 11.5. The summed E-state index contributed by atoms with van der Waals surface area (Å²) < 4.78 is 1.09. The van der Waals surface area contributed by atoms with Crippen LogP contribution in [-0.2, 0) is 16.0 Å². The summed E-state index contributed by atoms with van der Waals surface area (Å²) >= 11 is 5.04. The van der Waals surface area contributed by atoms with Crippen molar-refractivity contribution in [3.8, 4) is 0 Å². The monoisotopic (exact) mass is 319 g/mol. The molecule has 0 saturated heterocycles. The first-order valence-electron chi connectivity index (χ1n) is 5.19. The lowest BCUT2D eigenvalue weighted by Gasteiger charge is -2.13. The van der Waals surface area contributed by atoms with Crippen LogP contribution in [0.25, 0.3) is 0 Å². The minimum Gasteiger partial charge on any atom is -0.480 e. The first-order chi connectivity index (χ1) is 7.99. The number of hydrogen-bond donors (Lipinski definition) is 1. The maximum Gasteiger partial charge on any atom is 0.323 e. The number of hydrogen-bond acceptors (Lipinski definition) is 3. The fraction of sp³-hybridized carbons (Fsp3) is 0.455. The van der Waals surface area contributed by atoms with Gasteiger partial charge < -0.3 is 10.0 Å². The van der Waals surface area contributed by atoms with E-state index < -0.39 is 5.97 Å². The van der Waals surface area contributed by atoms with Crippen molar-refractivity contribution in [2.75, 3.05) is 13.6 Å². The summed E-state index contributed by atoms with van der Waals surface area (Å²) in [6, 6.07) is 4.01. The zero-order valence-corrected chi connectivity index (χ0v) is 11.9. The van der Waals surface area contributed by atoms with Crippen LogP contribution in [0.3, 0.4) is 0 Å². The van der Waals surface area contributed by atoms with Crippen LogP contribution < -0.4 is 0 Å². The van der Waals surface area contributed by atoms with E-state index in [0.717, 1.165) is 16.6 Å². The normalized spacial score (nSPS) is 10.2. The zero-order chi connectivity index (χ0) is 12.8. The fourth-order valence-corrected chi connectivity index (χ4v) is 2.91. The highest BCUT2D eigenvalue weighted by Gasteiger charge is 2.11. The van der Waals surface area contributed by atoms with Gasteiger partial charge >= 0.3 is 5.97 Å². The Morgan fingerprint density at radius 1 is 1.47 bits per heavy atom. The molecule has 0 aromatic carbocycles. The van der Waals surface area contributed by atoms with E-state index in [9.17, 15) is 9.59 Å². The second-order valence-electron chi connectivity index (χ2n) is 3.70. The van der Waals surface area contributed by atoms with Gasteiger partial charge in [0.05, 0.1) is 3.79 Å². The molecule has 0 spiro atoms. The van der Waals surface area contributed by atoms with Crippen molar-refractivity contribution in [1.29, 1.82) is 0 Å². The Balaban J connectivity index is 2.26. The lowest BCUT2D eigenvalue weighted by atomic mass is 10.2. The Labute approximate surface area is 112 Å². The molecule has 0 saturated carbocycles. The molecule has 0 aliphatic carbocycles. The number of carbonyl (C=O) groups is 2. The van der Waals surface area contributed by atoms with Gasteiger partial charge in [-0.3, -0.25) is 9.59 Å². The molecule has 1 amide bonds. The molecular formula is C11H14BrNO3S. The summed E-state index contributed by atoms with van der Waals surface area (Å²) in [7, 11) is 1.51. The van der Waals surface area contributed by atoms with Crippen molar-refractivity contribution in [3.63, 3.8) is 0 Å². The van der Waals surface area contributed by atoms with Crippen molar-refractivity contribution in [1.82, 2.24) is 4.90 Å². The number of nitrogens with zero attached hydrogens (tertiary/aromatic N) is 1. The number of thiophene rings is 1. The number of aliphatic carboxylic acids is 1. The fourth-order valence-electron chi connectivity index (χ4n) is 1.38. The molecule has 0 fully saturated rings. The molecule has 0 atom stereocenters. The molecule has 94 valence electrons. The molecule has 0 bridgehead atoms. The minimum absolute atomic E-state index is 0.122. The molecule has 17 heavy (non-hydrogen) atoms. The summed E-state index contributed by atoms with van der Waals surface area (Å²) in [6.45, 7) is -0.233. The average Bonchev–Trinajstić information content (AvgIpc) is 2.63. The molecule has 0 unspecified atom stereocenters. The first-order valence-corrected chi connectivity index (χ1v) is 6.80. The van der Waals surface area contributed by atoms with E-state index in [-0.39, 0.29) is 12.5 Å². The zero-order valence-electron chi connectivity index (χ0n) is 9.48. The predicted molar refractivity (Wildman–Crippen MR) is 70.2 cm³/mol. The standard InChI is InChI=1S/C11H14BrNO3S/c1-13(7-11(15)16)10(14)4-2-3-8-5-6-9(12)17-8/h5-6H,2-4,7H2,1H3,(H,15,16). The highest BCUT2D eigenvalue weighted by Crippen LogP contribution is 2.23. The van der Waals surface area contributed by atoms with Crippen molar-refractivity contribution in [2.24, 2.45) is 0 Å². The van der Waals surface area contributed by atoms with E-state index in [1.54, 1.807) is 11.3 Å². The predicted octanol–water partition coefficient (Wildman–Crippen LogP) is 2.38. The number of carboxylic acid groups (broad SMARTS) is 1. The molecular weight excluding hydrogens is 306 g/mol. The van der Waals surface area contributed by atoms with Crippen LogP contribution in [0.2, 0.25) is 0 Å². The van der Waals surface area contributed by atoms with Gasteiger partial charge in [0.25, 0.3) is 0 Å². The van der Waals surface area contributed by atoms with Gasteiger partial charge in [0, 0.05) is 18.3 Å². The summed E-state index contributed by atoms with van der Waals surface area (Å²) in [4.78, 5) is 24.4. The Hall–Kier alpha value is -0.880. The van der Waals surface area contributed by atoms with Gasteiger partial charge in [-0.05, 0) is 40.9 Å². The molecule has 6 heteroatoms. The Morgan fingerprint density at radius 2 is 2.18 bits per heavy atom. The molecule has 1 aromatic rings. The molecule has 4 nitrogen and oxygen atoms in total. The third kappa shape index (κ3) is 5.32. The van der Waals surface area contributed by atoms with Crippen LogP contribution in [-0.4, -0.2) is 35.5 Å². The average molecular weight is 320 g/mol.